The number of nitrogens with zero attached hydrogens (tertiary/aromatic N) is 3. The lowest BCUT2D eigenvalue weighted by molar-refractivity contribution is -0.139. The van der Waals surface area contributed by atoms with Crippen LogP contribution >= 0.6 is 11.6 Å². The van der Waals surface area contributed by atoms with E-state index in [1.54, 1.807) is 24.5 Å². The fourth-order valence-corrected chi connectivity index (χ4v) is 3.01. The monoisotopic (exact) mass is 409 g/mol. The molecule has 0 bridgehead atoms. The molecule has 3 rings (SSSR count). The van der Waals surface area contributed by atoms with E-state index in [0.717, 1.165) is 28.2 Å². The molecule has 0 aliphatic carbocycles. The highest BCUT2D eigenvalue weighted by atomic mass is 35.5. The van der Waals surface area contributed by atoms with Gasteiger partial charge in [-0.3, -0.25) is 14.6 Å². The van der Waals surface area contributed by atoms with Gasteiger partial charge in [-0.2, -0.15) is 5.10 Å². The van der Waals surface area contributed by atoms with Crippen molar-refractivity contribution < 1.29 is 9.59 Å². The van der Waals surface area contributed by atoms with Crippen molar-refractivity contribution in [3.8, 4) is 5.69 Å². The number of carbonyl (C=O) groups excluding carboxylic acids is 2. The molecule has 148 valence electrons. The third kappa shape index (κ3) is 5.08. The van der Waals surface area contributed by atoms with Gasteiger partial charge in [-0.15, -0.1) is 0 Å². The fourth-order valence-electron chi connectivity index (χ4n) is 2.88. The van der Waals surface area contributed by atoms with Crippen LogP contribution in [0, 0.1) is 13.8 Å². The summed E-state index contributed by atoms with van der Waals surface area (Å²) in [5.41, 5.74) is 6.80. The Kier molecular flexibility index (Phi) is 6.41. The second-order valence-electron chi connectivity index (χ2n) is 6.38. The molecule has 29 heavy (non-hydrogen) atoms. The molecule has 2 N–H and O–H groups in total. The Labute approximate surface area is 173 Å². The van der Waals surface area contributed by atoms with Gasteiger partial charge in [0, 0.05) is 46.6 Å². The molecule has 1 aromatic carbocycles. The minimum absolute atomic E-state index is 0.214. The highest BCUT2D eigenvalue weighted by Crippen LogP contribution is 2.21. The standard InChI is InChI=1S/C21H20ClN5O2/c1-14-10-17(15(2)27(14)19-7-5-18(22)6-8-19)13-25-26-21(29)20(28)24-12-16-4-3-9-23-11-16/h3-11,13H,12H2,1-2H3,(H,24,28)(H,26,29)/b25-13-. The molecule has 3 aromatic rings. The molecule has 0 unspecified atom stereocenters. The van der Waals surface area contributed by atoms with Crippen molar-refractivity contribution in [1.29, 1.82) is 0 Å². The maximum absolute atomic E-state index is 11.9. The van der Waals surface area contributed by atoms with E-state index in [4.69, 9.17) is 11.6 Å². The number of amides is 2. The summed E-state index contributed by atoms with van der Waals surface area (Å²) in [5, 5.41) is 7.10. The molecule has 0 aliphatic rings. The van der Waals surface area contributed by atoms with E-state index in [1.807, 2.05) is 44.2 Å². The molecule has 8 heteroatoms. The summed E-state index contributed by atoms with van der Waals surface area (Å²) in [7, 11) is 0. The average molecular weight is 410 g/mol. The lowest BCUT2D eigenvalue weighted by Gasteiger charge is -2.09. The lowest BCUT2D eigenvalue weighted by Crippen LogP contribution is -2.37. The largest absolute Gasteiger partial charge is 0.344 e. The SMILES string of the molecule is Cc1cc(/C=N\NC(=O)C(=O)NCc2cccnc2)c(C)n1-c1ccc(Cl)cc1. The summed E-state index contributed by atoms with van der Waals surface area (Å²) in [6.45, 7) is 4.14. The Hall–Kier alpha value is -3.45. The van der Waals surface area contributed by atoms with Crippen LogP contribution in [0.5, 0.6) is 0 Å². The van der Waals surface area contributed by atoms with Crippen LogP contribution in [-0.4, -0.2) is 27.6 Å². The van der Waals surface area contributed by atoms with Crippen LogP contribution in [0.2, 0.25) is 5.02 Å². The smallest absolute Gasteiger partial charge is 0.329 e. The number of aromatic nitrogens is 2. The van der Waals surface area contributed by atoms with Crippen LogP contribution in [0.15, 0.2) is 60.0 Å². The number of halogens is 1. The summed E-state index contributed by atoms with van der Waals surface area (Å²) in [5.74, 6) is -1.60. The molecule has 2 heterocycles. The van der Waals surface area contributed by atoms with Crippen molar-refractivity contribution in [1.82, 2.24) is 20.3 Å². The van der Waals surface area contributed by atoms with Crippen LogP contribution in [0.25, 0.3) is 5.69 Å². The molecule has 0 saturated heterocycles. The van der Waals surface area contributed by atoms with Gasteiger partial charge in [0.25, 0.3) is 0 Å². The highest BCUT2D eigenvalue weighted by Gasteiger charge is 2.13. The van der Waals surface area contributed by atoms with Crippen molar-refractivity contribution in [3.05, 3.63) is 82.4 Å². The predicted molar refractivity (Wildman–Crippen MR) is 112 cm³/mol. The Morgan fingerprint density at radius 2 is 1.93 bits per heavy atom. The Morgan fingerprint density at radius 1 is 1.17 bits per heavy atom. The van der Waals surface area contributed by atoms with Crippen molar-refractivity contribution in [2.45, 2.75) is 20.4 Å². The molecule has 0 fully saturated rings. The summed E-state index contributed by atoms with van der Waals surface area (Å²) in [6, 6.07) is 13.0. The number of hydrazone groups is 1. The zero-order valence-corrected chi connectivity index (χ0v) is 16.8. The minimum atomic E-state index is -0.836. The third-order valence-corrected chi connectivity index (χ3v) is 4.56. The number of aryl methyl sites for hydroxylation is 1. The third-order valence-electron chi connectivity index (χ3n) is 4.31. The van der Waals surface area contributed by atoms with Crippen LogP contribution in [0.3, 0.4) is 0 Å². The van der Waals surface area contributed by atoms with E-state index in [9.17, 15) is 9.59 Å². The maximum atomic E-state index is 11.9. The number of hydrogen-bond acceptors (Lipinski definition) is 4. The molecule has 7 nitrogen and oxygen atoms in total. The van der Waals surface area contributed by atoms with E-state index in [1.165, 1.54) is 6.21 Å². The molecule has 2 amide bonds. The summed E-state index contributed by atoms with van der Waals surface area (Å²) >= 11 is 5.96. The molecule has 0 radical (unpaired) electrons. The zero-order valence-electron chi connectivity index (χ0n) is 16.0. The molecule has 0 saturated carbocycles. The summed E-state index contributed by atoms with van der Waals surface area (Å²) < 4.78 is 2.06. The first-order valence-electron chi connectivity index (χ1n) is 8.90. The Balaban J connectivity index is 1.61. The summed E-state index contributed by atoms with van der Waals surface area (Å²) in [6.07, 6.45) is 4.77. The number of nitrogens with one attached hydrogen (secondary N) is 2. The highest BCUT2D eigenvalue weighted by molar-refractivity contribution is 6.35. The van der Waals surface area contributed by atoms with Gasteiger partial charge in [-0.05, 0) is 55.8 Å². The van der Waals surface area contributed by atoms with Crippen LogP contribution < -0.4 is 10.7 Å². The van der Waals surface area contributed by atoms with E-state index in [0.29, 0.717) is 5.02 Å². The van der Waals surface area contributed by atoms with E-state index < -0.39 is 11.8 Å². The first-order valence-corrected chi connectivity index (χ1v) is 9.28. The average Bonchev–Trinajstić information content (AvgIpc) is 3.01. The summed E-state index contributed by atoms with van der Waals surface area (Å²) in [4.78, 5) is 27.7. The number of benzene rings is 1. The van der Waals surface area contributed by atoms with Gasteiger partial charge in [0.1, 0.15) is 0 Å². The van der Waals surface area contributed by atoms with Gasteiger partial charge in [0.2, 0.25) is 0 Å². The second kappa shape index (κ2) is 9.16. The van der Waals surface area contributed by atoms with Gasteiger partial charge in [0.15, 0.2) is 0 Å². The van der Waals surface area contributed by atoms with Crippen molar-refractivity contribution in [2.75, 3.05) is 0 Å². The van der Waals surface area contributed by atoms with Gasteiger partial charge in [-0.1, -0.05) is 17.7 Å². The van der Waals surface area contributed by atoms with Gasteiger partial charge in [-0.25, -0.2) is 5.43 Å². The number of carbonyl (C=O) groups is 2. The Bertz CT molecular complexity index is 1040. The second-order valence-corrected chi connectivity index (χ2v) is 6.82. The van der Waals surface area contributed by atoms with Crippen LogP contribution in [0.1, 0.15) is 22.5 Å². The van der Waals surface area contributed by atoms with E-state index in [-0.39, 0.29) is 6.54 Å². The quantitative estimate of drug-likeness (QED) is 0.386. The molecule has 0 aliphatic heterocycles. The van der Waals surface area contributed by atoms with E-state index >= 15 is 0 Å². The van der Waals surface area contributed by atoms with Crippen LogP contribution in [-0.2, 0) is 16.1 Å². The van der Waals surface area contributed by atoms with Gasteiger partial charge >= 0.3 is 11.8 Å². The molecule has 0 spiro atoms. The van der Waals surface area contributed by atoms with E-state index in [2.05, 4.69) is 25.4 Å². The van der Waals surface area contributed by atoms with Crippen molar-refractivity contribution in [3.63, 3.8) is 0 Å². The minimum Gasteiger partial charge on any atom is -0.344 e. The molecular weight excluding hydrogens is 390 g/mol. The topological polar surface area (TPSA) is 88.4 Å². The number of rotatable bonds is 5. The van der Waals surface area contributed by atoms with Crippen LogP contribution in [0.4, 0.5) is 0 Å². The normalized spacial score (nSPS) is 10.9. The van der Waals surface area contributed by atoms with Gasteiger partial charge in [0.05, 0.1) is 6.21 Å². The lowest BCUT2D eigenvalue weighted by atomic mass is 10.2. The molecule has 0 atom stereocenters. The van der Waals surface area contributed by atoms with Gasteiger partial charge < -0.3 is 9.88 Å². The zero-order chi connectivity index (χ0) is 20.8. The molecular formula is C21H20ClN5O2. The predicted octanol–water partition coefficient (Wildman–Crippen LogP) is 2.91. The Morgan fingerprint density at radius 3 is 2.62 bits per heavy atom. The number of hydrogen-bond donors (Lipinski definition) is 2. The molecule has 2 aromatic heterocycles. The van der Waals surface area contributed by atoms with Crippen molar-refractivity contribution in [2.24, 2.45) is 5.10 Å². The number of pyridine rings is 1. The first kappa shape index (κ1) is 20.3. The maximum Gasteiger partial charge on any atom is 0.329 e. The first-order chi connectivity index (χ1) is 14.0. The fraction of sp³-hybridized carbons (Fsp3) is 0.143. The van der Waals surface area contributed by atoms with Crippen molar-refractivity contribution >= 4 is 29.6 Å².